The smallest absolute Gasteiger partial charge is 0.192 e. The van der Waals surface area contributed by atoms with E-state index in [-0.39, 0.29) is 0 Å². The fourth-order valence-electron chi connectivity index (χ4n) is 1.08. The minimum absolute atomic E-state index is 0.756. The molecule has 5 heteroatoms. The molecular weight excluding hydrogens is 184 g/mol. The van der Waals surface area contributed by atoms with Crippen molar-refractivity contribution in [2.75, 3.05) is 0 Å². The van der Waals surface area contributed by atoms with E-state index in [1.165, 1.54) is 0 Å². The topological polar surface area (TPSA) is 54.5 Å². The molecule has 2 heterocycles. The van der Waals surface area contributed by atoms with Crippen molar-refractivity contribution in [1.29, 1.82) is 0 Å². The summed E-state index contributed by atoms with van der Waals surface area (Å²) in [4.78, 5) is 9.34. The summed E-state index contributed by atoms with van der Waals surface area (Å²) in [6.07, 6.45) is 3.81. The molecule has 13 heavy (non-hydrogen) atoms. The van der Waals surface area contributed by atoms with Gasteiger partial charge in [-0.15, -0.1) is 11.3 Å². The van der Waals surface area contributed by atoms with Crippen molar-refractivity contribution >= 4 is 11.3 Å². The average Bonchev–Trinajstić information content (AvgIpc) is 2.70. The summed E-state index contributed by atoms with van der Waals surface area (Å²) in [6, 6.07) is 0. The predicted octanol–water partition coefficient (Wildman–Crippen LogP) is 1.88. The molecule has 0 amide bonds. The first-order valence-corrected chi connectivity index (χ1v) is 5.08. The first-order chi connectivity index (χ1) is 6.40. The van der Waals surface area contributed by atoms with Gasteiger partial charge in [-0.2, -0.15) is 5.10 Å². The second-order valence-corrected chi connectivity index (χ2v) is 3.61. The van der Waals surface area contributed by atoms with E-state index in [1.54, 1.807) is 23.0 Å². The van der Waals surface area contributed by atoms with E-state index in [9.17, 15) is 0 Å². The molecule has 0 saturated heterocycles. The number of H-pyrrole nitrogens is 1. The molecule has 0 aliphatic heterocycles. The van der Waals surface area contributed by atoms with Crippen molar-refractivity contribution in [3.63, 3.8) is 0 Å². The Morgan fingerprint density at radius 1 is 1.54 bits per heavy atom. The molecule has 2 rings (SSSR count). The Balaban J connectivity index is 2.23. The predicted molar refractivity (Wildman–Crippen MR) is 51.5 cm³/mol. The normalized spacial score (nSPS) is 10.5. The highest BCUT2D eigenvalue weighted by Crippen LogP contribution is 2.18. The van der Waals surface area contributed by atoms with Gasteiger partial charge < -0.3 is 0 Å². The second kappa shape index (κ2) is 3.66. The van der Waals surface area contributed by atoms with E-state index in [1.807, 2.05) is 0 Å². The zero-order valence-electron chi connectivity index (χ0n) is 7.32. The third-order valence-electron chi connectivity index (χ3n) is 1.67. The standard InChI is InChI=1S/C8H10N4S/c1-2-3-7-10-8(12-11-7)6-4-9-5-13-6/h4-5H,2-3H2,1H3,(H,10,11,12). The summed E-state index contributed by atoms with van der Waals surface area (Å²) in [5, 5.41) is 7.02. The molecule has 0 bridgehead atoms. The van der Waals surface area contributed by atoms with Crippen LogP contribution >= 0.6 is 11.3 Å². The van der Waals surface area contributed by atoms with E-state index >= 15 is 0 Å². The molecule has 0 fully saturated rings. The largest absolute Gasteiger partial charge is 0.263 e. The Labute approximate surface area is 80.1 Å². The second-order valence-electron chi connectivity index (χ2n) is 2.72. The van der Waals surface area contributed by atoms with Gasteiger partial charge in [-0.25, -0.2) is 4.98 Å². The number of thiazole rings is 1. The van der Waals surface area contributed by atoms with Crippen LogP contribution < -0.4 is 0 Å². The van der Waals surface area contributed by atoms with Crippen molar-refractivity contribution in [1.82, 2.24) is 20.2 Å². The Kier molecular flexibility index (Phi) is 2.35. The van der Waals surface area contributed by atoms with Gasteiger partial charge in [0.25, 0.3) is 0 Å². The number of aromatic nitrogens is 4. The lowest BCUT2D eigenvalue weighted by atomic mass is 10.3. The number of aryl methyl sites for hydroxylation is 1. The van der Waals surface area contributed by atoms with Crippen LogP contribution in [0.5, 0.6) is 0 Å². The van der Waals surface area contributed by atoms with Crippen LogP contribution in [0.25, 0.3) is 10.7 Å². The van der Waals surface area contributed by atoms with Gasteiger partial charge in [-0.05, 0) is 6.42 Å². The minimum Gasteiger partial charge on any atom is -0.263 e. The van der Waals surface area contributed by atoms with Gasteiger partial charge in [-0.1, -0.05) is 6.92 Å². The zero-order valence-corrected chi connectivity index (χ0v) is 8.14. The highest BCUT2D eigenvalue weighted by atomic mass is 32.1. The molecule has 0 saturated carbocycles. The van der Waals surface area contributed by atoms with Crippen LogP contribution in [-0.4, -0.2) is 20.2 Å². The maximum absolute atomic E-state index is 4.35. The monoisotopic (exact) mass is 194 g/mol. The average molecular weight is 194 g/mol. The van der Waals surface area contributed by atoms with Crippen LogP contribution in [0.4, 0.5) is 0 Å². The number of aromatic amines is 1. The molecule has 0 aliphatic rings. The molecule has 0 spiro atoms. The van der Waals surface area contributed by atoms with Crippen LogP contribution in [-0.2, 0) is 6.42 Å². The number of rotatable bonds is 3. The van der Waals surface area contributed by atoms with E-state index in [0.29, 0.717) is 0 Å². The lowest BCUT2D eigenvalue weighted by molar-refractivity contribution is 0.841. The lowest BCUT2D eigenvalue weighted by Gasteiger charge is -1.86. The van der Waals surface area contributed by atoms with Crippen LogP contribution in [0.1, 0.15) is 19.2 Å². The van der Waals surface area contributed by atoms with Crippen molar-refractivity contribution < 1.29 is 0 Å². The van der Waals surface area contributed by atoms with Crippen LogP contribution in [0, 0.1) is 0 Å². The van der Waals surface area contributed by atoms with Gasteiger partial charge in [0, 0.05) is 12.6 Å². The summed E-state index contributed by atoms with van der Waals surface area (Å²) >= 11 is 1.55. The summed E-state index contributed by atoms with van der Waals surface area (Å²) in [7, 11) is 0. The van der Waals surface area contributed by atoms with E-state index in [4.69, 9.17) is 0 Å². The van der Waals surface area contributed by atoms with Gasteiger partial charge in [0.2, 0.25) is 0 Å². The van der Waals surface area contributed by atoms with E-state index in [0.717, 1.165) is 29.4 Å². The van der Waals surface area contributed by atoms with Gasteiger partial charge >= 0.3 is 0 Å². The summed E-state index contributed by atoms with van der Waals surface area (Å²) in [5.74, 6) is 1.71. The first-order valence-electron chi connectivity index (χ1n) is 4.20. The van der Waals surface area contributed by atoms with Crippen molar-refractivity contribution in [2.24, 2.45) is 0 Å². The molecule has 2 aromatic heterocycles. The lowest BCUT2D eigenvalue weighted by Crippen LogP contribution is -1.84. The van der Waals surface area contributed by atoms with E-state index < -0.39 is 0 Å². The van der Waals surface area contributed by atoms with Gasteiger partial charge in [0.1, 0.15) is 5.82 Å². The Morgan fingerprint density at radius 2 is 2.46 bits per heavy atom. The molecule has 4 nitrogen and oxygen atoms in total. The summed E-state index contributed by atoms with van der Waals surface area (Å²) in [6.45, 7) is 2.12. The third-order valence-corrected chi connectivity index (χ3v) is 2.44. The third kappa shape index (κ3) is 1.75. The van der Waals surface area contributed by atoms with Crippen molar-refractivity contribution in [3.05, 3.63) is 17.5 Å². The van der Waals surface area contributed by atoms with Gasteiger partial charge in [0.05, 0.1) is 10.4 Å². The Morgan fingerprint density at radius 3 is 3.15 bits per heavy atom. The van der Waals surface area contributed by atoms with Gasteiger partial charge in [-0.3, -0.25) is 10.1 Å². The highest BCUT2D eigenvalue weighted by Gasteiger charge is 2.05. The fourth-order valence-corrected chi connectivity index (χ4v) is 1.63. The van der Waals surface area contributed by atoms with Gasteiger partial charge in [0.15, 0.2) is 5.82 Å². The summed E-state index contributed by atoms with van der Waals surface area (Å²) < 4.78 is 0. The minimum atomic E-state index is 0.756. The first kappa shape index (κ1) is 8.37. The molecule has 2 aromatic rings. The van der Waals surface area contributed by atoms with Crippen molar-refractivity contribution in [3.8, 4) is 10.7 Å². The Hall–Kier alpha value is -1.23. The van der Waals surface area contributed by atoms with Crippen LogP contribution in [0.3, 0.4) is 0 Å². The molecule has 0 unspecified atom stereocenters. The zero-order chi connectivity index (χ0) is 9.10. The fraction of sp³-hybridized carbons (Fsp3) is 0.375. The molecular formula is C8H10N4S. The van der Waals surface area contributed by atoms with E-state index in [2.05, 4.69) is 27.1 Å². The molecule has 0 aromatic carbocycles. The number of hydrogen-bond acceptors (Lipinski definition) is 4. The van der Waals surface area contributed by atoms with Crippen LogP contribution in [0.2, 0.25) is 0 Å². The molecule has 0 radical (unpaired) electrons. The summed E-state index contributed by atoms with van der Waals surface area (Å²) in [5.41, 5.74) is 1.78. The SMILES string of the molecule is CCCc1nc(-c2cncs2)n[nH]1. The molecule has 0 aliphatic carbocycles. The molecule has 1 N–H and O–H groups in total. The quantitative estimate of drug-likeness (QED) is 0.811. The maximum atomic E-state index is 4.35. The number of nitrogens with zero attached hydrogens (tertiary/aromatic N) is 3. The van der Waals surface area contributed by atoms with Crippen LogP contribution in [0.15, 0.2) is 11.7 Å². The number of nitrogens with one attached hydrogen (secondary N) is 1. The molecule has 0 atom stereocenters. The van der Waals surface area contributed by atoms with Crippen molar-refractivity contribution in [2.45, 2.75) is 19.8 Å². The number of hydrogen-bond donors (Lipinski definition) is 1. The maximum Gasteiger partial charge on any atom is 0.192 e. The molecule has 68 valence electrons. The highest BCUT2D eigenvalue weighted by molar-refractivity contribution is 7.13. The Bertz CT molecular complexity index is 365.